The van der Waals surface area contributed by atoms with Gasteiger partial charge in [-0.1, -0.05) is 23.7 Å². The molecule has 1 saturated carbocycles. The summed E-state index contributed by atoms with van der Waals surface area (Å²) in [6.45, 7) is 1.87. The predicted octanol–water partition coefficient (Wildman–Crippen LogP) is 4.06. The number of aromatic nitrogens is 5. The van der Waals surface area contributed by atoms with E-state index in [1.807, 2.05) is 47.9 Å². The first-order chi connectivity index (χ1) is 15.1. The molecule has 9 heteroatoms. The first-order valence-corrected chi connectivity index (χ1v) is 10.4. The first-order valence-electron chi connectivity index (χ1n) is 10.0. The zero-order chi connectivity index (χ0) is 21.4. The molecule has 0 aliphatic heterocycles. The molecular weight excluding hydrogens is 414 g/mol. The molecule has 3 aromatic heterocycles. The van der Waals surface area contributed by atoms with E-state index < -0.39 is 0 Å². The van der Waals surface area contributed by atoms with Gasteiger partial charge < -0.3 is 15.2 Å². The number of rotatable bonds is 5. The molecule has 31 heavy (non-hydrogen) atoms. The van der Waals surface area contributed by atoms with Crippen LogP contribution in [0.1, 0.15) is 35.1 Å². The van der Waals surface area contributed by atoms with Crippen molar-refractivity contribution in [1.29, 1.82) is 0 Å². The van der Waals surface area contributed by atoms with Gasteiger partial charge in [-0.25, -0.2) is 19.9 Å². The van der Waals surface area contributed by atoms with Gasteiger partial charge in [0.1, 0.15) is 12.0 Å². The summed E-state index contributed by atoms with van der Waals surface area (Å²) in [5, 5.41) is 6.96. The van der Waals surface area contributed by atoms with Gasteiger partial charge in [0.05, 0.1) is 6.33 Å². The number of benzene rings is 1. The van der Waals surface area contributed by atoms with Gasteiger partial charge in [0.2, 0.25) is 0 Å². The number of nitrogens with zero attached hydrogens (tertiary/aromatic N) is 5. The van der Waals surface area contributed by atoms with E-state index in [1.165, 1.54) is 6.33 Å². The molecule has 0 radical (unpaired) electrons. The Hall–Kier alpha value is -3.52. The normalized spacial score (nSPS) is 17.9. The van der Waals surface area contributed by atoms with Crippen LogP contribution in [-0.4, -0.2) is 36.5 Å². The molecule has 3 heterocycles. The fourth-order valence-electron chi connectivity index (χ4n) is 3.78. The summed E-state index contributed by atoms with van der Waals surface area (Å²) in [6.07, 6.45) is 4.93. The molecule has 1 aromatic carbocycles. The fraction of sp³-hybridized carbons (Fsp3) is 0.227. The Bertz CT molecular complexity index is 1270. The van der Waals surface area contributed by atoms with Gasteiger partial charge in [-0.3, -0.25) is 4.79 Å². The molecule has 1 fully saturated rings. The fourth-order valence-corrected chi connectivity index (χ4v) is 3.97. The highest BCUT2D eigenvalue weighted by Crippen LogP contribution is 2.35. The predicted molar refractivity (Wildman–Crippen MR) is 119 cm³/mol. The van der Waals surface area contributed by atoms with Crippen LogP contribution in [0.2, 0.25) is 5.02 Å². The quantitative estimate of drug-likeness (QED) is 0.492. The third kappa shape index (κ3) is 3.94. The van der Waals surface area contributed by atoms with Crippen LogP contribution in [0.3, 0.4) is 0 Å². The van der Waals surface area contributed by atoms with Gasteiger partial charge in [0.15, 0.2) is 17.0 Å². The summed E-state index contributed by atoms with van der Waals surface area (Å²) in [5.41, 5.74) is 3.55. The monoisotopic (exact) mass is 433 g/mol. The number of halogens is 1. The van der Waals surface area contributed by atoms with E-state index in [1.54, 1.807) is 12.4 Å². The van der Waals surface area contributed by atoms with Gasteiger partial charge in [-0.2, -0.15) is 0 Å². The number of anilines is 2. The van der Waals surface area contributed by atoms with Crippen molar-refractivity contribution in [2.24, 2.45) is 0 Å². The minimum Gasteiger partial charge on any atom is -0.348 e. The highest BCUT2D eigenvalue weighted by molar-refractivity contribution is 6.30. The molecule has 0 bridgehead atoms. The molecule has 0 saturated heterocycles. The maximum atomic E-state index is 12.4. The van der Waals surface area contributed by atoms with Crippen molar-refractivity contribution in [2.45, 2.75) is 31.8 Å². The number of aryl methyl sites for hydroxylation is 1. The smallest absolute Gasteiger partial charge is 0.270 e. The van der Waals surface area contributed by atoms with Crippen LogP contribution in [0, 0.1) is 6.92 Å². The second-order valence-corrected chi connectivity index (χ2v) is 8.08. The van der Waals surface area contributed by atoms with E-state index in [2.05, 4.69) is 30.6 Å². The number of imidazole rings is 1. The van der Waals surface area contributed by atoms with Crippen molar-refractivity contribution >= 4 is 40.2 Å². The summed E-state index contributed by atoms with van der Waals surface area (Å²) < 4.78 is 2.05. The van der Waals surface area contributed by atoms with Crippen molar-refractivity contribution in [3.8, 4) is 0 Å². The molecule has 4 aromatic rings. The van der Waals surface area contributed by atoms with Crippen LogP contribution < -0.4 is 10.6 Å². The zero-order valence-corrected chi connectivity index (χ0v) is 17.5. The standard InChI is InChI=1S/C22H20ClN7O/c1-13-4-2-7-18(27-13)22(31)29-16-9-17(10-16)30-12-26-19-20(24-11-25-21(19)30)28-15-6-3-5-14(23)8-15/h2-8,11-12,16-17H,9-10H2,1H3,(H,29,31)(H,24,25,28). The maximum absolute atomic E-state index is 12.4. The van der Waals surface area contributed by atoms with Crippen molar-refractivity contribution in [3.05, 3.63) is 71.5 Å². The van der Waals surface area contributed by atoms with E-state index in [9.17, 15) is 4.79 Å². The number of amides is 1. The van der Waals surface area contributed by atoms with Gasteiger partial charge in [-0.05, 0) is 50.1 Å². The molecule has 0 spiro atoms. The molecule has 1 aliphatic carbocycles. The SMILES string of the molecule is Cc1cccc(C(=O)NC2CC(n3cnc4c(Nc5cccc(Cl)c5)ncnc43)C2)n1. The van der Waals surface area contributed by atoms with Gasteiger partial charge >= 0.3 is 0 Å². The van der Waals surface area contributed by atoms with E-state index in [0.717, 1.165) is 29.9 Å². The van der Waals surface area contributed by atoms with E-state index >= 15 is 0 Å². The lowest BCUT2D eigenvalue weighted by Crippen LogP contribution is -2.45. The second kappa shape index (κ2) is 7.96. The molecular formula is C22H20ClN7O. The molecule has 1 amide bonds. The lowest BCUT2D eigenvalue weighted by molar-refractivity contribution is 0.0889. The van der Waals surface area contributed by atoms with Crippen molar-refractivity contribution in [2.75, 3.05) is 5.32 Å². The minimum absolute atomic E-state index is 0.100. The Morgan fingerprint density at radius 1 is 1.13 bits per heavy atom. The van der Waals surface area contributed by atoms with Gasteiger partial charge in [-0.15, -0.1) is 0 Å². The topological polar surface area (TPSA) is 97.6 Å². The molecule has 2 N–H and O–H groups in total. The van der Waals surface area contributed by atoms with E-state index in [-0.39, 0.29) is 18.0 Å². The van der Waals surface area contributed by atoms with E-state index in [0.29, 0.717) is 22.1 Å². The molecule has 5 rings (SSSR count). The lowest BCUT2D eigenvalue weighted by Gasteiger charge is -2.36. The number of hydrogen-bond donors (Lipinski definition) is 2. The Labute approximate surface area is 183 Å². The number of fused-ring (bicyclic) bond motifs is 1. The molecule has 0 atom stereocenters. The summed E-state index contributed by atoms with van der Waals surface area (Å²) >= 11 is 6.07. The summed E-state index contributed by atoms with van der Waals surface area (Å²) in [5.74, 6) is 0.485. The van der Waals surface area contributed by atoms with Crippen molar-refractivity contribution < 1.29 is 4.79 Å². The number of carbonyl (C=O) groups is 1. The number of hydrogen-bond acceptors (Lipinski definition) is 6. The lowest BCUT2D eigenvalue weighted by atomic mass is 9.86. The third-order valence-corrected chi connectivity index (χ3v) is 5.64. The average molecular weight is 434 g/mol. The number of carbonyl (C=O) groups excluding carboxylic acids is 1. The molecule has 156 valence electrons. The van der Waals surface area contributed by atoms with Crippen LogP contribution in [0.4, 0.5) is 11.5 Å². The summed E-state index contributed by atoms with van der Waals surface area (Å²) in [7, 11) is 0. The van der Waals surface area contributed by atoms with Crippen molar-refractivity contribution in [1.82, 2.24) is 29.8 Å². The largest absolute Gasteiger partial charge is 0.348 e. The van der Waals surface area contributed by atoms with Crippen molar-refractivity contribution in [3.63, 3.8) is 0 Å². The number of pyridine rings is 1. The summed E-state index contributed by atoms with van der Waals surface area (Å²) in [4.78, 5) is 30.0. The minimum atomic E-state index is -0.141. The van der Waals surface area contributed by atoms with Crippen LogP contribution in [-0.2, 0) is 0 Å². The van der Waals surface area contributed by atoms with Crippen LogP contribution in [0.5, 0.6) is 0 Å². The number of nitrogens with one attached hydrogen (secondary N) is 2. The molecule has 8 nitrogen and oxygen atoms in total. The Morgan fingerprint density at radius 3 is 2.77 bits per heavy atom. The van der Waals surface area contributed by atoms with E-state index in [4.69, 9.17) is 11.6 Å². The Balaban J connectivity index is 1.28. The Morgan fingerprint density at radius 2 is 1.97 bits per heavy atom. The highest BCUT2D eigenvalue weighted by Gasteiger charge is 2.33. The van der Waals surface area contributed by atoms with Gasteiger partial charge in [0.25, 0.3) is 5.91 Å². The zero-order valence-electron chi connectivity index (χ0n) is 16.8. The summed E-state index contributed by atoms with van der Waals surface area (Å²) in [6, 6.07) is 13.2. The van der Waals surface area contributed by atoms with Crippen LogP contribution >= 0.6 is 11.6 Å². The first kappa shape index (κ1) is 19.4. The maximum Gasteiger partial charge on any atom is 0.270 e. The second-order valence-electron chi connectivity index (χ2n) is 7.64. The molecule has 1 aliphatic rings. The average Bonchev–Trinajstić information content (AvgIpc) is 3.15. The van der Waals surface area contributed by atoms with Crippen LogP contribution in [0.25, 0.3) is 11.2 Å². The van der Waals surface area contributed by atoms with Gasteiger partial charge in [0, 0.05) is 28.5 Å². The highest BCUT2D eigenvalue weighted by atomic mass is 35.5. The Kier molecular flexibility index (Phi) is 4.99. The third-order valence-electron chi connectivity index (χ3n) is 5.41. The van der Waals surface area contributed by atoms with Crippen LogP contribution in [0.15, 0.2) is 55.1 Å². The molecule has 0 unspecified atom stereocenters.